The molecule has 0 N–H and O–H groups in total. The summed E-state index contributed by atoms with van der Waals surface area (Å²) in [5, 5.41) is 0.465. The van der Waals surface area contributed by atoms with Gasteiger partial charge in [-0.15, -0.1) is 0 Å². The van der Waals surface area contributed by atoms with Gasteiger partial charge in [0.05, 0.1) is 11.6 Å². The van der Waals surface area contributed by atoms with E-state index in [0.29, 0.717) is 17.1 Å². The van der Waals surface area contributed by atoms with Crippen LogP contribution in [0, 0.1) is 5.82 Å². The first kappa shape index (κ1) is 14.7. The van der Waals surface area contributed by atoms with Crippen molar-refractivity contribution in [1.29, 1.82) is 0 Å². The lowest BCUT2D eigenvalue weighted by molar-refractivity contribution is 0.0943. The van der Waals surface area contributed by atoms with Gasteiger partial charge in [-0.1, -0.05) is 35.9 Å². The van der Waals surface area contributed by atoms with Crippen molar-refractivity contribution < 1.29 is 9.18 Å². The molecule has 0 fully saturated rings. The minimum Gasteiger partial charge on any atom is -0.295 e. The third-order valence-corrected chi connectivity index (χ3v) is 3.28. The fraction of sp³-hybridized carbons (Fsp3) is 0.188. The van der Waals surface area contributed by atoms with Gasteiger partial charge in [0.15, 0.2) is 5.78 Å². The van der Waals surface area contributed by atoms with Crippen molar-refractivity contribution in [1.82, 2.24) is 4.90 Å². The lowest BCUT2D eigenvalue weighted by Gasteiger charge is -2.16. The molecule has 0 aromatic heterocycles. The molecular formula is C16H15ClFNO. The summed E-state index contributed by atoms with van der Waals surface area (Å²) in [5.41, 5.74) is 1.49. The van der Waals surface area contributed by atoms with Gasteiger partial charge in [0.2, 0.25) is 0 Å². The van der Waals surface area contributed by atoms with Crippen LogP contribution in [-0.4, -0.2) is 24.3 Å². The van der Waals surface area contributed by atoms with Gasteiger partial charge in [0.25, 0.3) is 0 Å². The Kier molecular flexibility index (Phi) is 4.88. The molecule has 0 spiro atoms. The van der Waals surface area contributed by atoms with Crippen LogP contribution < -0.4 is 0 Å². The number of likely N-dealkylation sites (N-methyl/N-ethyl adjacent to an activating group) is 1. The molecule has 0 atom stereocenters. The van der Waals surface area contributed by atoms with E-state index in [4.69, 9.17) is 11.6 Å². The molecule has 0 unspecified atom stereocenters. The molecule has 0 bridgehead atoms. The average Bonchev–Trinajstić information content (AvgIpc) is 2.41. The van der Waals surface area contributed by atoms with Gasteiger partial charge in [-0.2, -0.15) is 0 Å². The number of ketones is 1. The Morgan fingerprint density at radius 2 is 1.80 bits per heavy atom. The van der Waals surface area contributed by atoms with Crippen molar-refractivity contribution >= 4 is 17.4 Å². The Hall–Kier alpha value is -1.71. The van der Waals surface area contributed by atoms with Crippen LogP contribution in [0.5, 0.6) is 0 Å². The molecule has 2 aromatic carbocycles. The maximum absolute atomic E-state index is 12.8. The summed E-state index contributed by atoms with van der Waals surface area (Å²) in [6.07, 6.45) is 0. The molecule has 2 aromatic rings. The molecule has 2 rings (SSSR count). The van der Waals surface area contributed by atoms with Crippen molar-refractivity contribution in [2.45, 2.75) is 6.54 Å². The Morgan fingerprint density at radius 1 is 1.15 bits per heavy atom. The highest BCUT2D eigenvalue weighted by Gasteiger charge is 2.12. The van der Waals surface area contributed by atoms with Crippen molar-refractivity contribution in [3.05, 3.63) is 70.5 Å². The molecular weight excluding hydrogens is 277 g/mol. The molecule has 0 saturated heterocycles. The summed E-state index contributed by atoms with van der Waals surface area (Å²) < 4.78 is 12.8. The number of nitrogens with zero attached hydrogens (tertiary/aromatic N) is 1. The van der Waals surface area contributed by atoms with Crippen molar-refractivity contribution in [3.63, 3.8) is 0 Å². The third kappa shape index (κ3) is 3.89. The zero-order chi connectivity index (χ0) is 14.5. The number of carbonyl (C=O) groups is 1. The van der Waals surface area contributed by atoms with Gasteiger partial charge in [0.1, 0.15) is 5.82 Å². The molecule has 0 saturated carbocycles. The quantitative estimate of drug-likeness (QED) is 0.781. The van der Waals surface area contributed by atoms with Gasteiger partial charge < -0.3 is 0 Å². The molecule has 0 aliphatic rings. The molecule has 0 aliphatic heterocycles. The normalized spacial score (nSPS) is 10.8. The SMILES string of the molecule is CN(CC(=O)c1ccccc1Cl)Cc1ccc(F)cc1. The second-order valence-corrected chi connectivity index (χ2v) is 5.11. The van der Waals surface area contributed by atoms with E-state index in [0.717, 1.165) is 5.56 Å². The fourth-order valence-corrected chi connectivity index (χ4v) is 2.22. The standard InChI is InChI=1S/C16H15ClFNO/c1-19(10-12-6-8-13(18)9-7-12)11-16(20)14-4-2-3-5-15(14)17/h2-9H,10-11H2,1H3. The van der Waals surface area contributed by atoms with Crippen LogP contribution in [0.25, 0.3) is 0 Å². The molecule has 0 heterocycles. The van der Waals surface area contributed by atoms with E-state index in [9.17, 15) is 9.18 Å². The highest BCUT2D eigenvalue weighted by Crippen LogP contribution is 2.16. The molecule has 4 heteroatoms. The number of hydrogen-bond acceptors (Lipinski definition) is 2. The maximum atomic E-state index is 12.8. The van der Waals surface area contributed by atoms with E-state index < -0.39 is 0 Å². The number of carbonyl (C=O) groups excluding carboxylic acids is 1. The summed E-state index contributed by atoms with van der Waals surface area (Å²) in [5.74, 6) is -0.288. The summed E-state index contributed by atoms with van der Waals surface area (Å²) >= 11 is 6.00. The Bertz CT molecular complexity index is 598. The molecule has 2 nitrogen and oxygen atoms in total. The van der Waals surface area contributed by atoms with Crippen LogP contribution in [0.2, 0.25) is 5.02 Å². The zero-order valence-corrected chi connectivity index (χ0v) is 11.9. The number of benzene rings is 2. The number of hydrogen-bond donors (Lipinski definition) is 0. The van der Waals surface area contributed by atoms with Crippen LogP contribution in [0.3, 0.4) is 0 Å². The van der Waals surface area contributed by atoms with Crippen molar-refractivity contribution in [2.24, 2.45) is 0 Å². The fourth-order valence-electron chi connectivity index (χ4n) is 1.98. The Labute approximate surface area is 122 Å². The number of rotatable bonds is 5. The van der Waals surface area contributed by atoms with E-state index >= 15 is 0 Å². The highest BCUT2D eigenvalue weighted by molar-refractivity contribution is 6.34. The number of Topliss-reactive ketones (excluding diaryl/α,β-unsaturated/α-hetero) is 1. The van der Waals surface area contributed by atoms with Crippen molar-refractivity contribution in [3.8, 4) is 0 Å². The Balaban J connectivity index is 1.98. The highest BCUT2D eigenvalue weighted by atomic mass is 35.5. The van der Waals surface area contributed by atoms with E-state index in [2.05, 4.69) is 0 Å². The zero-order valence-electron chi connectivity index (χ0n) is 11.1. The summed E-state index contributed by atoms with van der Waals surface area (Å²) in [4.78, 5) is 14.0. The third-order valence-electron chi connectivity index (χ3n) is 2.95. The largest absolute Gasteiger partial charge is 0.295 e. The first-order valence-electron chi connectivity index (χ1n) is 6.27. The first-order chi connectivity index (χ1) is 9.56. The predicted molar refractivity (Wildman–Crippen MR) is 78.5 cm³/mol. The molecule has 0 radical (unpaired) electrons. The van der Waals surface area contributed by atoms with Crippen LogP contribution in [0.1, 0.15) is 15.9 Å². The van der Waals surface area contributed by atoms with E-state index in [-0.39, 0.29) is 18.1 Å². The smallest absolute Gasteiger partial charge is 0.178 e. The molecule has 0 amide bonds. The van der Waals surface area contributed by atoms with Gasteiger partial charge >= 0.3 is 0 Å². The summed E-state index contributed by atoms with van der Waals surface area (Å²) in [6, 6.07) is 13.3. The minimum absolute atomic E-state index is 0.0276. The van der Waals surface area contributed by atoms with Crippen molar-refractivity contribution in [2.75, 3.05) is 13.6 Å². The number of halogens is 2. The maximum Gasteiger partial charge on any atom is 0.178 e. The van der Waals surface area contributed by atoms with Crippen LogP contribution in [-0.2, 0) is 6.54 Å². The van der Waals surface area contributed by atoms with Gasteiger partial charge in [-0.05, 0) is 36.9 Å². The first-order valence-corrected chi connectivity index (χ1v) is 6.65. The molecule has 0 aliphatic carbocycles. The van der Waals surface area contributed by atoms with Crippen LogP contribution in [0.4, 0.5) is 4.39 Å². The lowest BCUT2D eigenvalue weighted by atomic mass is 10.1. The topological polar surface area (TPSA) is 20.3 Å². The minimum atomic E-state index is -0.261. The van der Waals surface area contributed by atoms with Gasteiger partial charge in [-0.25, -0.2) is 4.39 Å². The molecule has 104 valence electrons. The monoisotopic (exact) mass is 291 g/mol. The van der Waals surface area contributed by atoms with E-state index in [1.165, 1.54) is 12.1 Å². The van der Waals surface area contributed by atoms with Gasteiger partial charge in [0, 0.05) is 12.1 Å². The average molecular weight is 292 g/mol. The Morgan fingerprint density at radius 3 is 2.45 bits per heavy atom. The molecule has 20 heavy (non-hydrogen) atoms. The van der Waals surface area contributed by atoms with Crippen LogP contribution >= 0.6 is 11.6 Å². The van der Waals surface area contributed by atoms with E-state index in [1.54, 1.807) is 36.4 Å². The second kappa shape index (κ2) is 6.64. The van der Waals surface area contributed by atoms with Crippen LogP contribution in [0.15, 0.2) is 48.5 Å². The van der Waals surface area contributed by atoms with E-state index in [1.807, 2.05) is 11.9 Å². The lowest BCUT2D eigenvalue weighted by Crippen LogP contribution is -2.25. The van der Waals surface area contributed by atoms with Gasteiger partial charge in [-0.3, -0.25) is 9.69 Å². The second-order valence-electron chi connectivity index (χ2n) is 4.70. The summed E-state index contributed by atoms with van der Waals surface area (Å²) in [6.45, 7) is 0.845. The summed E-state index contributed by atoms with van der Waals surface area (Å²) in [7, 11) is 1.85. The predicted octanol–water partition coefficient (Wildman–Crippen LogP) is 3.79.